The van der Waals surface area contributed by atoms with Crippen LogP contribution in [0.25, 0.3) is 0 Å². The molecule has 0 spiro atoms. The predicted molar refractivity (Wildman–Crippen MR) is 74.7 cm³/mol. The molecule has 2 N–H and O–H groups in total. The van der Waals surface area contributed by atoms with E-state index in [2.05, 4.69) is 22.9 Å². The monoisotopic (exact) mass is 309 g/mol. The first kappa shape index (κ1) is 13.2. The Bertz CT molecular complexity index is 510. The lowest BCUT2D eigenvalue weighted by molar-refractivity contribution is 0.317. The molecule has 2 rings (SSSR count). The molecule has 0 saturated carbocycles. The first-order valence-corrected chi connectivity index (χ1v) is 6.73. The first-order chi connectivity index (χ1) is 8.72. The van der Waals surface area contributed by atoms with Crippen molar-refractivity contribution in [2.75, 3.05) is 6.61 Å². The Balaban J connectivity index is 2.20. The van der Waals surface area contributed by atoms with Crippen molar-refractivity contribution in [2.24, 2.45) is 5.73 Å². The molecule has 0 aliphatic carbocycles. The van der Waals surface area contributed by atoms with Gasteiger partial charge < -0.3 is 14.9 Å². The smallest absolute Gasteiger partial charge is 0.139 e. The normalized spacial score (nSPS) is 12.4. The third-order valence-electron chi connectivity index (χ3n) is 2.62. The Kier molecular flexibility index (Phi) is 4.44. The molecular weight excluding hydrogens is 294 g/mol. The largest absolute Gasteiger partial charge is 0.494 e. The summed E-state index contributed by atoms with van der Waals surface area (Å²) in [6.45, 7) is 2.79. The Labute approximate surface area is 115 Å². The Hall–Kier alpha value is -1.26. The molecule has 0 amide bonds. The molecule has 0 aliphatic heterocycles. The van der Waals surface area contributed by atoms with Crippen molar-refractivity contribution in [1.29, 1.82) is 0 Å². The molecule has 3 nitrogen and oxygen atoms in total. The van der Waals surface area contributed by atoms with E-state index in [0.29, 0.717) is 6.61 Å². The molecule has 2 aromatic rings. The minimum atomic E-state index is -0.292. The molecule has 0 fully saturated rings. The van der Waals surface area contributed by atoms with Crippen LogP contribution in [0, 0.1) is 0 Å². The minimum Gasteiger partial charge on any atom is -0.494 e. The van der Waals surface area contributed by atoms with E-state index in [9.17, 15) is 0 Å². The minimum absolute atomic E-state index is 0.292. The van der Waals surface area contributed by atoms with E-state index < -0.39 is 0 Å². The second-order valence-electron chi connectivity index (χ2n) is 4.03. The van der Waals surface area contributed by atoms with Gasteiger partial charge in [-0.25, -0.2) is 0 Å². The van der Waals surface area contributed by atoms with E-state index in [-0.39, 0.29) is 6.04 Å². The number of furan rings is 1. The van der Waals surface area contributed by atoms with Crippen molar-refractivity contribution in [3.8, 4) is 5.75 Å². The van der Waals surface area contributed by atoms with E-state index in [1.165, 1.54) is 0 Å². The summed E-state index contributed by atoms with van der Waals surface area (Å²) < 4.78 is 11.9. The van der Waals surface area contributed by atoms with Gasteiger partial charge in [0.1, 0.15) is 11.5 Å². The molecule has 1 aromatic heterocycles. The highest BCUT2D eigenvalue weighted by atomic mass is 79.9. The van der Waals surface area contributed by atoms with Crippen molar-refractivity contribution >= 4 is 15.9 Å². The van der Waals surface area contributed by atoms with Gasteiger partial charge in [0.2, 0.25) is 0 Å². The highest BCUT2D eigenvalue weighted by molar-refractivity contribution is 9.10. The maximum atomic E-state index is 6.18. The van der Waals surface area contributed by atoms with Gasteiger partial charge in [-0.05, 0) is 46.1 Å². The van der Waals surface area contributed by atoms with Crippen LogP contribution in [0.15, 0.2) is 45.5 Å². The van der Waals surface area contributed by atoms with E-state index in [4.69, 9.17) is 14.9 Å². The van der Waals surface area contributed by atoms with Crippen molar-refractivity contribution in [2.45, 2.75) is 19.4 Å². The fraction of sp³-hybridized carbons (Fsp3) is 0.286. The van der Waals surface area contributed by atoms with Crippen LogP contribution in [0.1, 0.15) is 30.7 Å². The molecule has 0 radical (unpaired) electrons. The van der Waals surface area contributed by atoms with Gasteiger partial charge in [0, 0.05) is 0 Å². The van der Waals surface area contributed by atoms with Gasteiger partial charge in [-0.3, -0.25) is 0 Å². The molecule has 1 unspecified atom stereocenters. The first-order valence-electron chi connectivity index (χ1n) is 5.93. The molecule has 1 heterocycles. The topological polar surface area (TPSA) is 48.4 Å². The van der Waals surface area contributed by atoms with E-state index >= 15 is 0 Å². The predicted octanol–water partition coefficient (Wildman–Crippen LogP) is 3.88. The van der Waals surface area contributed by atoms with Crippen LogP contribution in [0.3, 0.4) is 0 Å². The molecular formula is C14H16BrNO2. The average Bonchev–Trinajstić information content (AvgIpc) is 2.82. The Morgan fingerprint density at radius 2 is 2.22 bits per heavy atom. The standard InChI is InChI=1S/C14H16BrNO2/c1-2-7-17-11-5-3-4-10(9-11)13(16)14-12(15)6-8-18-14/h3-6,8-9,13H,2,7,16H2,1H3. The molecule has 1 aromatic carbocycles. The van der Waals surface area contributed by atoms with Gasteiger partial charge in [-0.15, -0.1) is 0 Å². The Morgan fingerprint density at radius 3 is 2.89 bits per heavy atom. The van der Waals surface area contributed by atoms with Crippen LogP contribution in [-0.4, -0.2) is 6.61 Å². The lowest BCUT2D eigenvalue weighted by Gasteiger charge is -2.12. The number of ether oxygens (including phenoxy) is 1. The summed E-state index contributed by atoms with van der Waals surface area (Å²) in [5.74, 6) is 1.56. The van der Waals surface area contributed by atoms with Gasteiger partial charge in [0.15, 0.2) is 0 Å². The SMILES string of the molecule is CCCOc1cccc(C(N)c2occc2Br)c1. The summed E-state index contributed by atoms with van der Waals surface area (Å²) in [6, 6.07) is 9.35. The van der Waals surface area contributed by atoms with Crippen LogP contribution in [-0.2, 0) is 0 Å². The molecule has 96 valence electrons. The molecule has 0 bridgehead atoms. The summed E-state index contributed by atoms with van der Waals surface area (Å²) >= 11 is 3.42. The van der Waals surface area contributed by atoms with Gasteiger partial charge in [-0.1, -0.05) is 19.1 Å². The highest BCUT2D eigenvalue weighted by Gasteiger charge is 2.16. The summed E-state index contributed by atoms with van der Waals surface area (Å²) in [7, 11) is 0. The van der Waals surface area contributed by atoms with Crippen molar-refractivity contribution in [1.82, 2.24) is 0 Å². The van der Waals surface area contributed by atoms with E-state index in [1.807, 2.05) is 30.3 Å². The van der Waals surface area contributed by atoms with E-state index in [0.717, 1.165) is 28.0 Å². The van der Waals surface area contributed by atoms with Gasteiger partial charge in [0.05, 0.1) is 23.4 Å². The summed E-state index contributed by atoms with van der Waals surface area (Å²) in [5.41, 5.74) is 7.15. The zero-order valence-corrected chi connectivity index (χ0v) is 11.8. The number of rotatable bonds is 5. The van der Waals surface area contributed by atoms with Crippen LogP contribution in [0.5, 0.6) is 5.75 Å². The van der Waals surface area contributed by atoms with Crippen molar-refractivity contribution in [3.05, 3.63) is 52.4 Å². The molecule has 4 heteroatoms. The van der Waals surface area contributed by atoms with Gasteiger partial charge in [0.25, 0.3) is 0 Å². The fourth-order valence-electron chi connectivity index (χ4n) is 1.70. The van der Waals surface area contributed by atoms with Crippen LogP contribution in [0.4, 0.5) is 0 Å². The van der Waals surface area contributed by atoms with Gasteiger partial charge in [-0.2, -0.15) is 0 Å². The van der Waals surface area contributed by atoms with Crippen LogP contribution in [0.2, 0.25) is 0 Å². The number of nitrogens with two attached hydrogens (primary N) is 1. The second kappa shape index (κ2) is 6.07. The number of hydrogen-bond donors (Lipinski definition) is 1. The average molecular weight is 310 g/mol. The lowest BCUT2D eigenvalue weighted by Crippen LogP contribution is -2.11. The molecule has 18 heavy (non-hydrogen) atoms. The second-order valence-corrected chi connectivity index (χ2v) is 4.89. The number of hydrogen-bond acceptors (Lipinski definition) is 3. The fourth-order valence-corrected chi connectivity index (χ4v) is 2.14. The zero-order chi connectivity index (χ0) is 13.0. The number of benzene rings is 1. The highest BCUT2D eigenvalue weighted by Crippen LogP contribution is 2.29. The van der Waals surface area contributed by atoms with Crippen molar-refractivity contribution < 1.29 is 9.15 Å². The summed E-state index contributed by atoms with van der Waals surface area (Å²) in [5, 5.41) is 0. The van der Waals surface area contributed by atoms with Crippen LogP contribution >= 0.6 is 15.9 Å². The third kappa shape index (κ3) is 2.94. The lowest BCUT2D eigenvalue weighted by atomic mass is 10.1. The Morgan fingerprint density at radius 1 is 1.39 bits per heavy atom. The zero-order valence-electron chi connectivity index (χ0n) is 10.2. The molecule has 0 saturated heterocycles. The summed E-state index contributed by atoms with van der Waals surface area (Å²) in [6.07, 6.45) is 2.61. The molecule has 0 aliphatic rings. The maximum absolute atomic E-state index is 6.18. The third-order valence-corrected chi connectivity index (χ3v) is 3.27. The van der Waals surface area contributed by atoms with E-state index in [1.54, 1.807) is 6.26 Å². The van der Waals surface area contributed by atoms with Gasteiger partial charge >= 0.3 is 0 Å². The van der Waals surface area contributed by atoms with Crippen LogP contribution < -0.4 is 10.5 Å². The molecule has 1 atom stereocenters. The summed E-state index contributed by atoms with van der Waals surface area (Å²) in [4.78, 5) is 0. The maximum Gasteiger partial charge on any atom is 0.139 e. The number of halogens is 1. The quantitative estimate of drug-likeness (QED) is 0.911. The van der Waals surface area contributed by atoms with Crippen molar-refractivity contribution in [3.63, 3.8) is 0 Å².